The smallest absolute Gasteiger partial charge is 0.245 e. The number of hydrogen-bond donors (Lipinski definition) is 1. The van der Waals surface area contributed by atoms with Gasteiger partial charge < -0.3 is 15.4 Å². The van der Waals surface area contributed by atoms with Crippen LogP contribution < -0.4 is 15.4 Å². The van der Waals surface area contributed by atoms with E-state index in [1.807, 2.05) is 0 Å². The molecule has 2 N–H and O–H groups in total. The lowest BCUT2D eigenvalue weighted by molar-refractivity contribution is -0.118. The fourth-order valence-corrected chi connectivity index (χ4v) is 2.29. The van der Waals surface area contributed by atoms with Gasteiger partial charge >= 0.3 is 0 Å². The van der Waals surface area contributed by atoms with Gasteiger partial charge in [0.1, 0.15) is 11.0 Å². The number of anilines is 1. The molecule has 1 unspecified atom stereocenters. The van der Waals surface area contributed by atoms with Crippen molar-refractivity contribution < 1.29 is 17.9 Å². The summed E-state index contributed by atoms with van der Waals surface area (Å²) >= 11 is 0. The first-order chi connectivity index (χ1) is 9.81. The van der Waals surface area contributed by atoms with Crippen LogP contribution in [0.5, 0.6) is 5.75 Å². The van der Waals surface area contributed by atoms with Crippen molar-refractivity contribution in [3.05, 3.63) is 24.3 Å². The Morgan fingerprint density at radius 3 is 2.62 bits per heavy atom. The van der Waals surface area contributed by atoms with Crippen LogP contribution in [0.1, 0.15) is 13.3 Å². The lowest BCUT2D eigenvalue weighted by Crippen LogP contribution is -2.42. The second-order valence-corrected chi connectivity index (χ2v) is 7.17. The molecule has 0 spiro atoms. The molecule has 1 rings (SSSR count). The zero-order chi connectivity index (χ0) is 16.0. The van der Waals surface area contributed by atoms with Gasteiger partial charge in [-0.3, -0.25) is 4.79 Å². The number of benzene rings is 1. The molecule has 0 aliphatic rings. The van der Waals surface area contributed by atoms with E-state index in [4.69, 9.17) is 10.5 Å². The predicted molar refractivity (Wildman–Crippen MR) is 83.3 cm³/mol. The number of carbonyl (C=O) groups excluding carboxylic acids is 1. The first kappa shape index (κ1) is 17.5. The topological polar surface area (TPSA) is 89.7 Å². The zero-order valence-electron chi connectivity index (χ0n) is 12.6. The summed E-state index contributed by atoms with van der Waals surface area (Å²) < 4.78 is 28.4. The van der Waals surface area contributed by atoms with Crippen molar-refractivity contribution in [3.63, 3.8) is 0 Å². The molecule has 0 bridgehead atoms. The SMILES string of the molecule is COc1cccc(N(CCCN)C(=O)C(C)S(C)(=O)=O)c1. The van der Waals surface area contributed by atoms with Crippen LogP contribution in [0.15, 0.2) is 24.3 Å². The summed E-state index contributed by atoms with van der Waals surface area (Å²) in [4.78, 5) is 13.9. The molecular weight excluding hydrogens is 292 g/mol. The van der Waals surface area contributed by atoms with E-state index in [1.54, 1.807) is 24.3 Å². The number of nitrogens with zero attached hydrogens (tertiary/aromatic N) is 1. The van der Waals surface area contributed by atoms with Gasteiger partial charge in [-0.1, -0.05) is 6.07 Å². The Morgan fingerprint density at radius 1 is 1.43 bits per heavy atom. The number of carbonyl (C=O) groups is 1. The standard InChI is InChI=1S/C14H22N2O4S/c1-11(21(3,18)19)14(17)16(9-5-8-15)12-6-4-7-13(10-12)20-2/h4,6-7,10-11H,5,8-9,15H2,1-3H3. The van der Waals surface area contributed by atoms with Crippen molar-refractivity contribution >= 4 is 21.4 Å². The van der Waals surface area contributed by atoms with E-state index in [0.717, 1.165) is 6.26 Å². The number of rotatable bonds is 7. The average Bonchev–Trinajstić information content (AvgIpc) is 2.45. The Morgan fingerprint density at radius 2 is 2.10 bits per heavy atom. The Labute approximate surface area is 125 Å². The number of ether oxygens (including phenoxy) is 1. The molecule has 21 heavy (non-hydrogen) atoms. The van der Waals surface area contributed by atoms with E-state index in [9.17, 15) is 13.2 Å². The molecule has 0 radical (unpaired) electrons. The molecule has 7 heteroatoms. The third-order valence-corrected chi connectivity index (χ3v) is 4.69. The summed E-state index contributed by atoms with van der Waals surface area (Å²) in [7, 11) is -1.92. The van der Waals surface area contributed by atoms with Crippen LogP contribution in [0.25, 0.3) is 0 Å². The zero-order valence-corrected chi connectivity index (χ0v) is 13.4. The maximum Gasteiger partial charge on any atom is 0.245 e. The van der Waals surface area contributed by atoms with E-state index in [1.165, 1.54) is 18.9 Å². The fraction of sp³-hybridized carbons (Fsp3) is 0.500. The second-order valence-electron chi connectivity index (χ2n) is 4.81. The predicted octanol–water partition coefficient (Wildman–Crippen LogP) is 0.810. The van der Waals surface area contributed by atoms with Crippen LogP contribution in [0.3, 0.4) is 0 Å². The first-order valence-electron chi connectivity index (χ1n) is 6.65. The summed E-state index contributed by atoms with van der Waals surface area (Å²) in [6.45, 7) is 2.18. The van der Waals surface area contributed by atoms with Crippen LogP contribution in [0.4, 0.5) is 5.69 Å². The number of hydrogen-bond acceptors (Lipinski definition) is 5. The molecule has 0 heterocycles. The quantitative estimate of drug-likeness (QED) is 0.804. The maximum absolute atomic E-state index is 12.5. The van der Waals surface area contributed by atoms with Crippen molar-refractivity contribution in [2.45, 2.75) is 18.6 Å². The molecular formula is C14H22N2O4S. The third-order valence-electron chi connectivity index (χ3n) is 3.21. The molecule has 0 fully saturated rings. The van der Waals surface area contributed by atoms with Crippen molar-refractivity contribution in [2.24, 2.45) is 5.73 Å². The van der Waals surface area contributed by atoms with Crippen molar-refractivity contribution in [1.82, 2.24) is 0 Å². The Hall–Kier alpha value is -1.60. The van der Waals surface area contributed by atoms with Gasteiger partial charge in [0.2, 0.25) is 5.91 Å². The average molecular weight is 314 g/mol. The molecule has 118 valence electrons. The highest BCUT2D eigenvalue weighted by Gasteiger charge is 2.29. The van der Waals surface area contributed by atoms with Gasteiger partial charge in [-0.15, -0.1) is 0 Å². The molecule has 0 aliphatic carbocycles. The van der Waals surface area contributed by atoms with Gasteiger partial charge in [0.25, 0.3) is 0 Å². The fourth-order valence-electron chi connectivity index (χ4n) is 1.80. The molecule has 0 saturated heterocycles. The molecule has 1 aromatic rings. The summed E-state index contributed by atoms with van der Waals surface area (Å²) in [5, 5.41) is -1.10. The number of methoxy groups -OCH3 is 1. The largest absolute Gasteiger partial charge is 0.497 e. The lowest BCUT2D eigenvalue weighted by Gasteiger charge is -2.25. The molecule has 0 aliphatic heterocycles. The summed E-state index contributed by atoms with van der Waals surface area (Å²) in [6.07, 6.45) is 1.64. The molecule has 1 amide bonds. The summed E-state index contributed by atoms with van der Waals surface area (Å²) in [5.74, 6) is 0.143. The Kier molecular flexibility index (Phi) is 6.17. The van der Waals surface area contributed by atoms with Crippen molar-refractivity contribution in [1.29, 1.82) is 0 Å². The molecule has 1 aromatic carbocycles. The Bertz CT molecular complexity index is 586. The van der Waals surface area contributed by atoms with E-state index < -0.39 is 21.0 Å². The van der Waals surface area contributed by atoms with Gasteiger partial charge in [0.15, 0.2) is 9.84 Å². The normalized spacial score (nSPS) is 12.8. The minimum atomic E-state index is -3.45. The Balaban J connectivity index is 3.12. The number of amides is 1. The second kappa shape index (κ2) is 7.42. The van der Waals surface area contributed by atoms with Crippen LogP contribution >= 0.6 is 0 Å². The van der Waals surface area contributed by atoms with Gasteiger partial charge in [0.05, 0.1) is 7.11 Å². The third kappa shape index (κ3) is 4.71. The van der Waals surface area contributed by atoms with Gasteiger partial charge in [0, 0.05) is 24.6 Å². The molecule has 0 saturated carbocycles. The van der Waals surface area contributed by atoms with Gasteiger partial charge in [-0.2, -0.15) is 0 Å². The summed E-state index contributed by atoms with van der Waals surface area (Å²) in [5.41, 5.74) is 6.09. The van der Waals surface area contributed by atoms with Crippen molar-refractivity contribution in [2.75, 3.05) is 31.4 Å². The van der Waals surface area contributed by atoms with Crippen LogP contribution in [-0.4, -0.2) is 46.0 Å². The van der Waals surface area contributed by atoms with Crippen molar-refractivity contribution in [3.8, 4) is 5.75 Å². The van der Waals surface area contributed by atoms with Gasteiger partial charge in [-0.05, 0) is 32.0 Å². The summed E-state index contributed by atoms with van der Waals surface area (Å²) in [6, 6.07) is 6.95. The van der Waals surface area contributed by atoms with Crippen LogP contribution in [0, 0.1) is 0 Å². The van der Waals surface area contributed by atoms with E-state index in [0.29, 0.717) is 30.9 Å². The molecule has 0 aromatic heterocycles. The minimum Gasteiger partial charge on any atom is -0.497 e. The number of sulfone groups is 1. The first-order valence-corrected chi connectivity index (χ1v) is 8.61. The van der Waals surface area contributed by atoms with E-state index in [-0.39, 0.29) is 0 Å². The van der Waals surface area contributed by atoms with E-state index in [2.05, 4.69) is 0 Å². The maximum atomic E-state index is 12.5. The van der Waals surface area contributed by atoms with E-state index >= 15 is 0 Å². The lowest BCUT2D eigenvalue weighted by atomic mass is 10.2. The molecule has 6 nitrogen and oxygen atoms in total. The van der Waals surface area contributed by atoms with Gasteiger partial charge in [-0.25, -0.2) is 8.42 Å². The monoisotopic (exact) mass is 314 g/mol. The number of nitrogens with two attached hydrogens (primary N) is 1. The highest BCUT2D eigenvalue weighted by Crippen LogP contribution is 2.22. The minimum absolute atomic E-state index is 0.363. The molecule has 1 atom stereocenters. The van der Waals surface area contributed by atoms with Crippen LogP contribution in [-0.2, 0) is 14.6 Å². The van der Waals surface area contributed by atoms with Crippen LogP contribution in [0.2, 0.25) is 0 Å². The highest BCUT2D eigenvalue weighted by molar-refractivity contribution is 7.92. The highest BCUT2D eigenvalue weighted by atomic mass is 32.2.